The molecule has 0 heterocycles. The standard InChI is InChI=1S/C13H18ClN3O2/c1-3-8(2)16-7-12(18)17-9-4-5-11(14)10(6-9)13(15)19/h4-6,8,16H,3,7H2,1-2H3,(H2,15,19)(H,17,18). The Balaban J connectivity index is 2.64. The number of primary amides is 1. The van der Waals surface area contributed by atoms with E-state index in [1.54, 1.807) is 6.07 Å². The number of rotatable bonds is 6. The maximum atomic E-state index is 11.7. The molecular formula is C13H18ClN3O2. The first-order valence-corrected chi connectivity index (χ1v) is 6.44. The molecule has 1 atom stereocenters. The fourth-order valence-electron chi connectivity index (χ4n) is 1.41. The van der Waals surface area contributed by atoms with Crippen molar-refractivity contribution in [2.75, 3.05) is 11.9 Å². The number of carbonyl (C=O) groups excluding carboxylic acids is 2. The van der Waals surface area contributed by atoms with Crippen LogP contribution in [0.2, 0.25) is 5.02 Å². The molecule has 1 rings (SSSR count). The molecule has 1 aromatic rings. The van der Waals surface area contributed by atoms with Gasteiger partial charge in [-0.25, -0.2) is 0 Å². The first-order chi connectivity index (χ1) is 8.93. The van der Waals surface area contributed by atoms with E-state index >= 15 is 0 Å². The highest BCUT2D eigenvalue weighted by atomic mass is 35.5. The maximum absolute atomic E-state index is 11.7. The summed E-state index contributed by atoms with van der Waals surface area (Å²) in [6, 6.07) is 4.89. The highest BCUT2D eigenvalue weighted by molar-refractivity contribution is 6.33. The summed E-state index contributed by atoms with van der Waals surface area (Å²) < 4.78 is 0. The Labute approximate surface area is 117 Å². The van der Waals surface area contributed by atoms with Gasteiger partial charge in [-0.3, -0.25) is 9.59 Å². The van der Waals surface area contributed by atoms with Crippen LogP contribution < -0.4 is 16.4 Å². The van der Waals surface area contributed by atoms with E-state index in [2.05, 4.69) is 10.6 Å². The van der Waals surface area contributed by atoms with Crippen LogP contribution in [0, 0.1) is 0 Å². The molecule has 4 N–H and O–H groups in total. The van der Waals surface area contributed by atoms with Gasteiger partial charge in [-0.2, -0.15) is 0 Å². The second-order valence-corrected chi connectivity index (χ2v) is 4.70. The van der Waals surface area contributed by atoms with Gasteiger partial charge in [-0.05, 0) is 31.5 Å². The van der Waals surface area contributed by atoms with Crippen molar-refractivity contribution in [1.82, 2.24) is 5.32 Å². The number of anilines is 1. The number of halogens is 1. The molecule has 0 aliphatic carbocycles. The summed E-state index contributed by atoms with van der Waals surface area (Å²) in [5.74, 6) is -0.808. The van der Waals surface area contributed by atoms with E-state index in [9.17, 15) is 9.59 Å². The minimum absolute atomic E-state index is 0.182. The minimum atomic E-state index is -0.626. The predicted octanol–water partition coefficient (Wildman–Crippen LogP) is 1.77. The van der Waals surface area contributed by atoms with Gasteiger partial charge < -0.3 is 16.4 Å². The average Bonchev–Trinajstić information content (AvgIpc) is 2.37. The van der Waals surface area contributed by atoms with Gasteiger partial charge in [-0.15, -0.1) is 0 Å². The van der Waals surface area contributed by atoms with Crippen molar-refractivity contribution < 1.29 is 9.59 Å². The monoisotopic (exact) mass is 283 g/mol. The second-order valence-electron chi connectivity index (χ2n) is 4.30. The normalized spacial score (nSPS) is 11.9. The fourth-order valence-corrected chi connectivity index (χ4v) is 1.62. The average molecular weight is 284 g/mol. The van der Waals surface area contributed by atoms with Crippen molar-refractivity contribution in [3.63, 3.8) is 0 Å². The third-order valence-electron chi connectivity index (χ3n) is 2.74. The molecule has 5 nitrogen and oxygen atoms in total. The van der Waals surface area contributed by atoms with Gasteiger partial charge in [0.05, 0.1) is 17.1 Å². The zero-order valence-corrected chi connectivity index (χ0v) is 11.8. The Kier molecular flexibility index (Phi) is 5.79. The van der Waals surface area contributed by atoms with Gasteiger partial charge in [-0.1, -0.05) is 18.5 Å². The zero-order valence-electron chi connectivity index (χ0n) is 11.0. The smallest absolute Gasteiger partial charge is 0.250 e. The lowest BCUT2D eigenvalue weighted by molar-refractivity contribution is -0.115. The lowest BCUT2D eigenvalue weighted by Gasteiger charge is -2.11. The molecule has 19 heavy (non-hydrogen) atoms. The third kappa shape index (κ3) is 4.89. The molecule has 0 saturated heterocycles. The molecule has 0 saturated carbocycles. The van der Waals surface area contributed by atoms with E-state index in [0.717, 1.165) is 6.42 Å². The first-order valence-electron chi connectivity index (χ1n) is 6.06. The molecule has 0 aromatic heterocycles. The quantitative estimate of drug-likeness (QED) is 0.744. The molecule has 2 amide bonds. The fraction of sp³-hybridized carbons (Fsp3) is 0.385. The van der Waals surface area contributed by atoms with Crippen LogP contribution in [0.4, 0.5) is 5.69 Å². The zero-order chi connectivity index (χ0) is 14.4. The lowest BCUT2D eigenvalue weighted by Crippen LogP contribution is -2.34. The second kappa shape index (κ2) is 7.11. The number of nitrogens with two attached hydrogens (primary N) is 1. The van der Waals surface area contributed by atoms with Crippen LogP contribution in [0.25, 0.3) is 0 Å². The van der Waals surface area contributed by atoms with Crippen LogP contribution in [0.1, 0.15) is 30.6 Å². The van der Waals surface area contributed by atoms with Crippen molar-refractivity contribution in [3.05, 3.63) is 28.8 Å². The van der Waals surface area contributed by atoms with Gasteiger partial charge in [0.2, 0.25) is 11.8 Å². The molecule has 0 aliphatic heterocycles. The predicted molar refractivity (Wildman–Crippen MR) is 76.4 cm³/mol. The van der Waals surface area contributed by atoms with Crippen LogP contribution in [0.15, 0.2) is 18.2 Å². The number of hydrogen-bond donors (Lipinski definition) is 3. The summed E-state index contributed by atoms with van der Waals surface area (Å²) in [6.45, 7) is 4.25. The molecule has 0 aliphatic rings. The molecule has 0 spiro atoms. The van der Waals surface area contributed by atoms with Gasteiger partial charge in [0.1, 0.15) is 0 Å². The van der Waals surface area contributed by atoms with Crippen molar-refractivity contribution in [3.8, 4) is 0 Å². The van der Waals surface area contributed by atoms with Gasteiger partial charge in [0.15, 0.2) is 0 Å². The molecule has 0 bridgehead atoms. The van der Waals surface area contributed by atoms with Crippen LogP contribution >= 0.6 is 11.6 Å². The Bertz CT molecular complexity index is 477. The Morgan fingerprint density at radius 3 is 2.68 bits per heavy atom. The highest BCUT2D eigenvalue weighted by Gasteiger charge is 2.09. The molecular weight excluding hydrogens is 266 g/mol. The van der Waals surface area contributed by atoms with Crippen LogP contribution in [0.5, 0.6) is 0 Å². The lowest BCUT2D eigenvalue weighted by atomic mass is 10.2. The van der Waals surface area contributed by atoms with Crippen molar-refractivity contribution >= 4 is 29.1 Å². The Morgan fingerprint density at radius 1 is 1.42 bits per heavy atom. The van der Waals surface area contributed by atoms with Crippen LogP contribution in [-0.2, 0) is 4.79 Å². The number of carbonyl (C=O) groups is 2. The molecule has 104 valence electrons. The van der Waals surface area contributed by atoms with E-state index in [1.165, 1.54) is 12.1 Å². The number of nitrogens with one attached hydrogen (secondary N) is 2. The van der Waals surface area contributed by atoms with Gasteiger partial charge in [0.25, 0.3) is 0 Å². The molecule has 0 fully saturated rings. The maximum Gasteiger partial charge on any atom is 0.250 e. The SMILES string of the molecule is CCC(C)NCC(=O)Nc1ccc(Cl)c(C(N)=O)c1. The van der Waals surface area contributed by atoms with Gasteiger partial charge >= 0.3 is 0 Å². The molecule has 0 radical (unpaired) electrons. The Hall–Kier alpha value is -1.59. The van der Waals surface area contributed by atoms with Crippen molar-refractivity contribution in [1.29, 1.82) is 0 Å². The van der Waals surface area contributed by atoms with Crippen LogP contribution in [-0.4, -0.2) is 24.4 Å². The van der Waals surface area contributed by atoms with E-state index in [1.807, 2.05) is 13.8 Å². The highest BCUT2D eigenvalue weighted by Crippen LogP contribution is 2.19. The minimum Gasteiger partial charge on any atom is -0.366 e. The summed E-state index contributed by atoms with van der Waals surface area (Å²) in [6.07, 6.45) is 0.944. The first kappa shape index (κ1) is 15.5. The van der Waals surface area contributed by atoms with E-state index in [4.69, 9.17) is 17.3 Å². The van der Waals surface area contributed by atoms with Crippen LogP contribution in [0.3, 0.4) is 0 Å². The van der Waals surface area contributed by atoms with E-state index in [-0.39, 0.29) is 29.1 Å². The summed E-state index contributed by atoms with van der Waals surface area (Å²) in [5.41, 5.74) is 5.87. The largest absolute Gasteiger partial charge is 0.366 e. The summed E-state index contributed by atoms with van der Waals surface area (Å²) >= 11 is 5.82. The topological polar surface area (TPSA) is 84.2 Å². The third-order valence-corrected chi connectivity index (χ3v) is 3.07. The number of hydrogen-bond acceptors (Lipinski definition) is 3. The number of benzene rings is 1. The molecule has 1 aromatic carbocycles. The van der Waals surface area contributed by atoms with Crippen molar-refractivity contribution in [2.45, 2.75) is 26.3 Å². The summed E-state index contributed by atoms with van der Waals surface area (Å²) in [7, 11) is 0. The molecule has 1 unspecified atom stereocenters. The van der Waals surface area contributed by atoms with E-state index in [0.29, 0.717) is 5.69 Å². The Morgan fingerprint density at radius 2 is 2.11 bits per heavy atom. The molecule has 6 heteroatoms. The van der Waals surface area contributed by atoms with E-state index < -0.39 is 5.91 Å². The summed E-state index contributed by atoms with van der Waals surface area (Å²) in [4.78, 5) is 22.8. The van der Waals surface area contributed by atoms with Gasteiger partial charge in [0, 0.05) is 11.7 Å². The van der Waals surface area contributed by atoms with Crippen molar-refractivity contribution in [2.24, 2.45) is 5.73 Å². The number of amides is 2. The summed E-state index contributed by atoms with van der Waals surface area (Å²) in [5, 5.41) is 6.01.